The van der Waals surface area contributed by atoms with E-state index in [1.807, 2.05) is 6.92 Å². The van der Waals surface area contributed by atoms with E-state index in [4.69, 9.17) is 9.47 Å². The molecule has 27 heavy (non-hydrogen) atoms. The summed E-state index contributed by atoms with van der Waals surface area (Å²) in [5.74, 6) is 1.60. The number of benzene rings is 1. The van der Waals surface area contributed by atoms with Gasteiger partial charge in [-0.1, -0.05) is 0 Å². The van der Waals surface area contributed by atoms with E-state index in [-0.39, 0.29) is 5.91 Å². The number of aromatic nitrogens is 2. The molecule has 0 unspecified atom stereocenters. The van der Waals surface area contributed by atoms with Crippen molar-refractivity contribution in [3.05, 3.63) is 35.7 Å². The lowest BCUT2D eigenvalue weighted by Crippen LogP contribution is -2.45. The molecule has 144 valence electrons. The first-order valence-electron chi connectivity index (χ1n) is 8.81. The Morgan fingerprint density at radius 3 is 2.26 bits per heavy atom. The van der Waals surface area contributed by atoms with E-state index in [9.17, 15) is 4.79 Å². The first-order chi connectivity index (χ1) is 13.0. The van der Waals surface area contributed by atoms with Crippen LogP contribution in [0.2, 0.25) is 0 Å². The molecule has 0 radical (unpaired) electrons. The highest BCUT2D eigenvalue weighted by Gasteiger charge is 2.19. The zero-order valence-electron chi connectivity index (χ0n) is 16.2. The summed E-state index contributed by atoms with van der Waals surface area (Å²) in [6.45, 7) is 5.53. The number of nitrogens with zero attached hydrogens (tertiary/aromatic N) is 4. The second-order valence-electron chi connectivity index (χ2n) is 6.51. The number of hydrogen-bond acceptors (Lipinski definition) is 7. The van der Waals surface area contributed by atoms with Crippen LogP contribution in [0.4, 0.5) is 11.6 Å². The van der Waals surface area contributed by atoms with Crippen molar-refractivity contribution in [2.24, 2.45) is 0 Å². The number of nitrogens with one attached hydrogen (secondary N) is 1. The van der Waals surface area contributed by atoms with Crippen LogP contribution in [0, 0.1) is 6.92 Å². The zero-order chi connectivity index (χ0) is 19.4. The lowest BCUT2D eigenvalue weighted by atomic mass is 10.2. The normalized spacial score (nSPS) is 14.7. The van der Waals surface area contributed by atoms with Crippen LogP contribution in [0.25, 0.3) is 0 Å². The predicted molar refractivity (Wildman–Crippen MR) is 104 cm³/mol. The van der Waals surface area contributed by atoms with Crippen molar-refractivity contribution in [3.8, 4) is 11.5 Å². The second kappa shape index (κ2) is 8.22. The molecule has 1 fully saturated rings. The van der Waals surface area contributed by atoms with Crippen molar-refractivity contribution in [3.63, 3.8) is 0 Å². The maximum Gasteiger partial charge on any atom is 0.259 e. The van der Waals surface area contributed by atoms with Crippen molar-refractivity contribution < 1.29 is 14.3 Å². The summed E-state index contributed by atoms with van der Waals surface area (Å²) in [5.41, 5.74) is 1.67. The lowest BCUT2D eigenvalue weighted by molar-refractivity contribution is 0.102. The van der Waals surface area contributed by atoms with E-state index in [2.05, 4.69) is 32.1 Å². The Labute approximate surface area is 159 Å². The van der Waals surface area contributed by atoms with Crippen molar-refractivity contribution >= 4 is 17.5 Å². The fourth-order valence-electron chi connectivity index (χ4n) is 2.91. The molecule has 1 aromatic carbocycles. The molecule has 0 saturated carbocycles. The van der Waals surface area contributed by atoms with Crippen molar-refractivity contribution in [1.29, 1.82) is 0 Å². The Morgan fingerprint density at radius 2 is 1.70 bits per heavy atom. The molecule has 1 aromatic heterocycles. The molecule has 1 aliphatic rings. The van der Waals surface area contributed by atoms with E-state index in [0.717, 1.165) is 26.2 Å². The van der Waals surface area contributed by atoms with Crippen LogP contribution in [0.15, 0.2) is 24.4 Å². The number of ether oxygens (including phenoxy) is 2. The Bertz CT molecular complexity index is 797. The van der Waals surface area contributed by atoms with Gasteiger partial charge in [0.25, 0.3) is 5.91 Å². The largest absolute Gasteiger partial charge is 0.497 e. The van der Waals surface area contributed by atoms with E-state index < -0.39 is 0 Å². The highest BCUT2D eigenvalue weighted by atomic mass is 16.5. The number of hydrogen-bond donors (Lipinski definition) is 1. The summed E-state index contributed by atoms with van der Waals surface area (Å²) >= 11 is 0. The van der Waals surface area contributed by atoms with Gasteiger partial charge in [0.2, 0.25) is 5.95 Å². The quantitative estimate of drug-likeness (QED) is 0.858. The molecule has 1 saturated heterocycles. The molecule has 1 N–H and O–H groups in total. The van der Waals surface area contributed by atoms with Gasteiger partial charge in [-0.15, -0.1) is 0 Å². The number of likely N-dealkylation sites (N-methyl/N-ethyl adjacent to an activating group) is 1. The third-order valence-electron chi connectivity index (χ3n) is 4.61. The lowest BCUT2D eigenvalue weighted by Gasteiger charge is -2.32. The van der Waals surface area contributed by atoms with E-state index in [1.165, 1.54) is 0 Å². The maximum absolute atomic E-state index is 12.7. The predicted octanol–water partition coefficient (Wildman–Crippen LogP) is 1.81. The van der Waals surface area contributed by atoms with Crippen LogP contribution in [0.1, 0.15) is 16.1 Å². The fourth-order valence-corrected chi connectivity index (χ4v) is 2.91. The number of aryl methyl sites for hydroxylation is 1. The SMILES string of the molecule is COc1cc(NC(=O)c2cnc(N3CCN(C)CC3)nc2C)cc(OC)c1. The molecule has 0 aliphatic carbocycles. The summed E-state index contributed by atoms with van der Waals surface area (Å²) in [6, 6.07) is 5.21. The third kappa shape index (κ3) is 4.46. The summed E-state index contributed by atoms with van der Waals surface area (Å²) in [6.07, 6.45) is 1.59. The number of amides is 1. The number of methoxy groups -OCH3 is 2. The molecule has 8 heteroatoms. The van der Waals surface area contributed by atoms with Gasteiger partial charge < -0.3 is 24.6 Å². The van der Waals surface area contributed by atoms with Gasteiger partial charge in [-0.3, -0.25) is 4.79 Å². The summed E-state index contributed by atoms with van der Waals surface area (Å²) in [5, 5.41) is 2.85. The third-order valence-corrected chi connectivity index (χ3v) is 4.61. The molecular formula is C19H25N5O3. The Hall–Kier alpha value is -2.87. The summed E-state index contributed by atoms with van der Waals surface area (Å²) < 4.78 is 10.5. The molecule has 1 aliphatic heterocycles. The monoisotopic (exact) mass is 371 g/mol. The first-order valence-corrected chi connectivity index (χ1v) is 8.81. The average molecular weight is 371 g/mol. The van der Waals surface area contributed by atoms with Crippen LogP contribution in [0.5, 0.6) is 11.5 Å². The maximum atomic E-state index is 12.7. The number of rotatable bonds is 5. The minimum absolute atomic E-state index is 0.271. The molecule has 1 amide bonds. The molecule has 0 bridgehead atoms. The molecule has 8 nitrogen and oxygen atoms in total. The highest BCUT2D eigenvalue weighted by Crippen LogP contribution is 2.26. The van der Waals surface area contributed by atoms with Gasteiger partial charge >= 0.3 is 0 Å². The molecule has 2 aromatic rings. The van der Waals surface area contributed by atoms with Gasteiger partial charge in [0, 0.05) is 56.3 Å². The molecule has 0 atom stereocenters. The Balaban J connectivity index is 1.75. The van der Waals surface area contributed by atoms with Crippen molar-refractivity contribution in [1.82, 2.24) is 14.9 Å². The zero-order valence-corrected chi connectivity index (χ0v) is 16.2. The van der Waals surface area contributed by atoms with Gasteiger partial charge in [0.05, 0.1) is 25.5 Å². The first kappa shape index (κ1) is 18.9. The molecule has 3 rings (SSSR count). The smallest absolute Gasteiger partial charge is 0.259 e. The minimum atomic E-state index is -0.271. The summed E-state index contributed by atoms with van der Waals surface area (Å²) in [7, 11) is 5.23. The van der Waals surface area contributed by atoms with Crippen LogP contribution in [-0.2, 0) is 0 Å². The van der Waals surface area contributed by atoms with Gasteiger partial charge in [-0.25, -0.2) is 9.97 Å². The van der Waals surface area contributed by atoms with Crippen LogP contribution < -0.4 is 19.7 Å². The summed E-state index contributed by atoms with van der Waals surface area (Å²) in [4.78, 5) is 26.0. The van der Waals surface area contributed by atoms with Crippen LogP contribution in [0.3, 0.4) is 0 Å². The van der Waals surface area contributed by atoms with E-state index >= 15 is 0 Å². The van der Waals surface area contributed by atoms with E-state index in [0.29, 0.717) is 34.4 Å². The number of anilines is 2. The molecule has 2 heterocycles. The van der Waals surface area contributed by atoms with E-state index in [1.54, 1.807) is 38.6 Å². The van der Waals surface area contributed by atoms with Gasteiger partial charge in [-0.2, -0.15) is 0 Å². The fraction of sp³-hybridized carbons (Fsp3) is 0.421. The molecule has 0 spiro atoms. The van der Waals surface area contributed by atoms with Gasteiger partial charge in [0.1, 0.15) is 11.5 Å². The second-order valence-corrected chi connectivity index (χ2v) is 6.51. The standard InChI is InChI=1S/C19H25N5O3/c1-13-17(12-20-19(21-13)24-7-5-23(2)6-8-24)18(25)22-14-9-15(26-3)11-16(10-14)27-4/h9-12H,5-8H2,1-4H3,(H,22,25). The average Bonchev–Trinajstić information content (AvgIpc) is 2.68. The number of piperazine rings is 1. The van der Waals surface area contributed by atoms with Crippen LogP contribution >= 0.6 is 0 Å². The molecular weight excluding hydrogens is 346 g/mol. The van der Waals surface area contributed by atoms with Gasteiger partial charge in [-0.05, 0) is 14.0 Å². The van der Waals surface area contributed by atoms with Crippen LogP contribution in [-0.4, -0.2) is 68.2 Å². The minimum Gasteiger partial charge on any atom is -0.497 e. The number of carbonyl (C=O) groups excluding carboxylic acids is 1. The van der Waals surface area contributed by atoms with Gasteiger partial charge in [0.15, 0.2) is 0 Å². The Morgan fingerprint density at radius 1 is 1.07 bits per heavy atom. The van der Waals surface area contributed by atoms with Crippen molar-refractivity contribution in [2.75, 3.05) is 57.7 Å². The van der Waals surface area contributed by atoms with Crippen molar-refractivity contribution in [2.45, 2.75) is 6.92 Å². The Kier molecular flexibility index (Phi) is 5.75. The topological polar surface area (TPSA) is 79.8 Å². The number of carbonyl (C=O) groups is 1. The highest BCUT2D eigenvalue weighted by molar-refractivity contribution is 6.05.